The summed E-state index contributed by atoms with van der Waals surface area (Å²) in [5.41, 5.74) is 4.05. The number of fused-ring (bicyclic) bond motifs is 6. The van der Waals surface area contributed by atoms with Crippen molar-refractivity contribution in [3.05, 3.63) is 23.3 Å². The molecule has 2 heteroatoms. The van der Waals surface area contributed by atoms with Crippen molar-refractivity contribution in [1.82, 2.24) is 0 Å². The zero-order valence-electron chi connectivity index (χ0n) is 16.3. The second-order valence-corrected chi connectivity index (χ2v) is 9.79. The van der Waals surface area contributed by atoms with Crippen LogP contribution < -0.4 is 0 Å². The maximum atomic E-state index is 6.53. The molecule has 0 aromatic carbocycles. The summed E-state index contributed by atoms with van der Waals surface area (Å²) < 4.78 is 12.6. The van der Waals surface area contributed by atoms with Gasteiger partial charge in [0.25, 0.3) is 0 Å². The Hall–Kier alpha value is -0.600. The second-order valence-electron chi connectivity index (χ2n) is 9.79. The van der Waals surface area contributed by atoms with Crippen LogP contribution in [0.5, 0.6) is 0 Å². The van der Waals surface area contributed by atoms with Gasteiger partial charge in [-0.1, -0.05) is 43.6 Å². The molecule has 2 nitrogen and oxygen atoms in total. The normalized spacial score (nSPS) is 52.0. The Morgan fingerprint density at radius 3 is 2.80 bits per heavy atom. The molecule has 0 radical (unpaired) electrons. The van der Waals surface area contributed by atoms with Gasteiger partial charge in [0.2, 0.25) is 0 Å². The van der Waals surface area contributed by atoms with Crippen LogP contribution in [0.3, 0.4) is 0 Å². The van der Waals surface area contributed by atoms with E-state index in [4.69, 9.17) is 9.47 Å². The van der Waals surface area contributed by atoms with Crippen molar-refractivity contribution in [3.63, 3.8) is 0 Å². The van der Waals surface area contributed by atoms with Crippen molar-refractivity contribution in [2.45, 2.75) is 83.8 Å². The molecule has 25 heavy (non-hydrogen) atoms. The van der Waals surface area contributed by atoms with Crippen molar-refractivity contribution in [2.75, 3.05) is 13.2 Å². The summed E-state index contributed by atoms with van der Waals surface area (Å²) in [4.78, 5) is 0. The van der Waals surface area contributed by atoms with Crippen LogP contribution in [0.2, 0.25) is 0 Å². The molecule has 1 heterocycles. The first-order valence-electron chi connectivity index (χ1n) is 10.7. The van der Waals surface area contributed by atoms with Gasteiger partial charge in [-0.3, -0.25) is 0 Å². The SMILES string of the molecule is CC1OCCO[C@@]12CC=C1[C@@H]3CC=C4CCCC[C@]4(C)[C@H]3CC[C@@]12C. The molecule has 4 aliphatic carbocycles. The van der Waals surface area contributed by atoms with Crippen LogP contribution in [0.4, 0.5) is 0 Å². The maximum Gasteiger partial charge on any atom is 0.106 e. The minimum atomic E-state index is -0.108. The summed E-state index contributed by atoms with van der Waals surface area (Å²) in [5.74, 6) is 1.59. The summed E-state index contributed by atoms with van der Waals surface area (Å²) in [6.45, 7) is 8.84. The van der Waals surface area contributed by atoms with Crippen LogP contribution in [0.25, 0.3) is 0 Å². The predicted molar refractivity (Wildman–Crippen MR) is 100 cm³/mol. The van der Waals surface area contributed by atoms with Crippen LogP contribution in [0.1, 0.15) is 72.1 Å². The molecule has 6 atom stereocenters. The van der Waals surface area contributed by atoms with Gasteiger partial charge in [-0.2, -0.15) is 0 Å². The summed E-state index contributed by atoms with van der Waals surface area (Å²) in [5, 5.41) is 0. The molecule has 1 saturated heterocycles. The van der Waals surface area contributed by atoms with Crippen molar-refractivity contribution in [1.29, 1.82) is 0 Å². The highest BCUT2D eigenvalue weighted by molar-refractivity contribution is 5.38. The fourth-order valence-electron chi connectivity index (χ4n) is 7.60. The molecule has 0 amide bonds. The van der Waals surface area contributed by atoms with Crippen LogP contribution in [-0.4, -0.2) is 24.9 Å². The van der Waals surface area contributed by atoms with Gasteiger partial charge in [0.05, 0.1) is 19.3 Å². The van der Waals surface area contributed by atoms with E-state index in [0.717, 1.165) is 31.5 Å². The molecule has 0 bridgehead atoms. The Labute approximate surface area is 153 Å². The predicted octanol–water partition coefficient (Wildman–Crippen LogP) is 5.43. The third-order valence-electron chi connectivity index (χ3n) is 9.07. The number of hydrogen-bond donors (Lipinski definition) is 0. The summed E-state index contributed by atoms with van der Waals surface area (Å²) in [6.07, 6.45) is 16.0. The first-order chi connectivity index (χ1) is 12.0. The number of rotatable bonds is 0. The van der Waals surface area contributed by atoms with E-state index in [-0.39, 0.29) is 17.1 Å². The zero-order valence-corrected chi connectivity index (χ0v) is 16.3. The van der Waals surface area contributed by atoms with E-state index in [1.54, 1.807) is 11.1 Å². The van der Waals surface area contributed by atoms with Gasteiger partial charge in [0.15, 0.2) is 0 Å². The van der Waals surface area contributed by atoms with E-state index in [1.807, 2.05) is 0 Å². The Balaban J connectivity index is 1.52. The summed E-state index contributed by atoms with van der Waals surface area (Å²) in [7, 11) is 0. The van der Waals surface area contributed by atoms with Crippen molar-refractivity contribution >= 4 is 0 Å². The van der Waals surface area contributed by atoms with Crippen molar-refractivity contribution in [2.24, 2.45) is 22.7 Å². The lowest BCUT2D eigenvalue weighted by Crippen LogP contribution is -2.60. The maximum absolute atomic E-state index is 6.53. The number of allylic oxidation sites excluding steroid dienone is 2. The topological polar surface area (TPSA) is 18.5 Å². The van der Waals surface area contributed by atoms with E-state index in [1.165, 1.54) is 44.9 Å². The van der Waals surface area contributed by atoms with Crippen LogP contribution in [0, 0.1) is 22.7 Å². The highest BCUT2D eigenvalue weighted by Gasteiger charge is 2.63. The highest BCUT2D eigenvalue weighted by atomic mass is 16.6. The highest BCUT2D eigenvalue weighted by Crippen LogP contribution is 2.66. The molecule has 138 valence electrons. The van der Waals surface area contributed by atoms with Crippen LogP contribution in [-0.2, 0) is 9.47 Å². The van der Waals surface area contributed by atoms with Crippen LogP contribution >= 0.6 is 0 Å². The third-order valence-corrected chi connectivity index (χ3v) is 9.07. The molecular formula is C23H34O2. The molecule has 1 aliphatic heterocycles. The van der Waals surface area contributed by atoms with E-state index < -0.39 is 0 Å². The van der Waals surface area contributed by atoms with Gasteiger partial charge in [-0.15, -0.1) is 0 Å². The molecule has 1 unspecified atom stereocenters. The standard InChI is InChI=1S/C23H34O2/c1-16-23(25-15-14-24-16)13-10-20-18-8-7-17-6-4-5-11-21(17,2)19(18)9-12-22(20,23)3/h7,10,16,18-19H,4-6,8-9,11-15H2,1-3H3/t16?,18-,19+,21+,22+,23+/m1/s1. The Morgan fingerprint density at radius 2 is 1.96 bits per heavy atom. The van der Waals surface area contributed by atoms with Crippen molar-refractivity contribution in [3.8, 4) is 0 Å². The fourth-order valence-corrected chi connectivity index (χ4v) is 7.60. The third kappa shape index (κ3) is 1.99. The van der Waals surface area contributed by atoms with E-state index >= 15 is 0 Å². The average Bonchev–Trinajstić information content (AvgIpc) is 2.90. The molecule has 0 aromatic rings. The van der Waals surface area contributed by atoms with Gasteiger partial charge in [0, 0.05) is 5.41 Å². The minimum Gasteiger partial charge on any atom is -0.373 e. The largest absolute Gasteiger partial charge is 0.373 e. The Bertz CT molecular complexity index is 634. The molecule has 5 rings (SSSR count). The first kappa shape index (κ1) is 16.6. The lowest BCUT2D eigenvalue weighted by Gasteiger charge is -2.59. The average molecular weight is 343 g/mol. The lowest BCUT2D eigenvalue weighted by atomic mass is 9.48. The lowest BCUT2D eigenvalue weighted by molar-refractivity contribution is -0.237. The van der Waals surface area contributed by atoms with E-state index in [9.17, 15) is 0 Å². The number of hydrogen-bond acceptors (Lipinski definition) is 2. The summed E-state index contributed by atoms with van der Waals surface area (Å²) in [6, 6.07) is 0. The van der Waals surface area contributed by atoms with Gasteiger partial charge in [0.1, 0.15) is 5.60 Å². The quantitative estimate of drug-likeness (QED) is 0.546. The zero-order chi connectivity index (χ0) is 17.3. The van der Waals surface area contributed by atoms with E-state index in [2.05, 4.69) is 32.9 Å². The molecule has 0 aromatic heterocycles. The Morgan fingerprint density at radius 1 is 1.08 bits per heavy atom. The van der Waals surface area contributed by atoms with Gasteiger partial charge in [-0.25, -0.2) is 0 Å². The van der Waals surface area contributed by atoms with E-state index in [0.29, 0.717) is 5.41 Å². The number of ether oxygens (including phenoxy) is 2. The van der Waals surface area contributed by atoms with Gasteiger partial charge >= 0.3 is 0 Å². The fraction of sp³-hybridized carbons (Fsp3) is 0.826. The van der Waals surface area contributed by atoms with Gasteiger partial charge < -0.3 is 9.47 Å². The molecule has 1 spiro atoms. The molecule has 5 aliphatic rings. The second kappa shape index (κ2) is 5.45. The first-order valence-corrected chi connectivity index (χ1v) is 10.7. The molecule has 0 N–H and O–H groups in total. The van der Waals surface area contributed by atoms with Crippen LogP contribution in [0.15, 0.2) is 23.3 Å². The Kier molecular flexibility index (Phi) is 3.61. The molecule has 2 saturated carbocycles. The summed E-state index contributed by atoms with van der Waals surface area (Å²) >= 11 is 0. The van der Waals surface area contributed by atoms with Crippen molar-refractivity contribution < 1.29 is 9.47 Å². The molecule has 3 fully saturated rings. The minimum absolute atomic E-state index is 0.108. The van der Waals surface area contributed by atoms with Gasteiger partial charge in [-0.05, 0) is 69.1 Å². The molecular weight excluding hydrogens is 308 g/mol. The monoisotopic (exact) mass is 342 g/mol. The smallest absolute Gasteiger partial charge is 0.106 e.